The Bertz CT molecular complexity index is 620. The van der Waals surface area contributed by atoms with Gasteiger partial charge in [-0.05, 0) is 41.7 Å². The Hall–Kier alpha value is -1.46. The number of aromatic nitrogens is 2. The van der Waals surface area contributed by atoms with Gasteiger partial charge in [0.15, 0.2) is 0 Å². The zero-order valence-corrected chi connectivity index (χ0v) is 13.7. The lowest BCUT2D eigenvalue weighted by Gasteiger charge is -2.21. The Labute approximate surface area is 135 Å². The highest BCUT2D eigenvalue weighted by Gasteiger charge is 2.23. The maximum atomic E-state index is 4.61. The van der Waals surface area contributed by atoms with Crippen LogP contribution in [0.1, 0.15) is 29.7 Å². The zero-order valence-electron chi connectivity index (χ0n) is 12.9. The first-order valence-corrected chi connectivity index (χ1v) is 9.15. The van der Waals surface area contributed by atoms with Crippen molar-refractivity contribution in [3.05, 3.63) is 40.0 Å². The summed E-state index contributed by atoms with van der Waals surface area (Å²) in [5.74, 6) is 1.21. The molecule has 4 nitrogen and oxygen atoms in total. The molecule has 0 aliphatic carbocycles. The van der Waals surface area contributed by atoms with Crippen LogP contribution in [0, 0.1) is 0 Å². The molecule has 4 heterocycles. The highest BCUT2D eigenvalue weighted by Crippen LogP contribution is 2.26. The number of rotatable bonds is 3. The molecular formula is C17H22N4S. The minimum absolute atomic E-state index is 1.04. The lowest BCUT2D eigenvalue weighted by molar-refractivity contribution is 0.279. The van der Waals surface area contributed by atoms with E-state index in [4.69, 9.17) is 0 Å². The molecule has 116 valence electrons. The van der Waals surface area contributed by atoms with Crippen LogP contribution in [0.5, 0.6) is 0 Å². The molecule has 2 aromatic rings. The molecule has 2 aromatic heterocycles. The predicted octanol–water partition coefficient (Wildman–Crippen LogP) is 2.74. The van der Waals surface area contributed by atoms with E-state index in [0.29, 0.717) is 0 Å². The van der Waals surface area contributed by atoms with E-state index in [0.717, 1.165) is 45.6 Å². The molecular weight excluding hydrogens is 292 g/mol. The van der Waals surface area contributed by atoms with Gasteiger partial charge < -0.3 is 4.90 Å². The van der Waals surface area contributed by atoms with Crippen molar-refractivity contribution in [1.82, 2.24) is 14.9 Å². The minimum atomic E-state index is 1.04. The highest BCUT2D eigenvalue weighted by molar-refractivity contribution is 7.07. The fraction of sp³-hybridized carbons (Fsp3) is 0.529. The Morgan fingerprint density at radius 3 is 2.73 bits per heavy atom. The minimum Gasteiger partial charge on any atom is -0.356 e. The first kappa shape index (κ1) is 14.2. The van der Waals surface area contributed by atoms with E-state index in [1.165, 1.54) is 35.5 Å². The van der Waals surface area contributed by atoms with Crippen LogP contribution in [0.25, 0.3) is 0 Å². The number of hydrogen-bond acceptors (Lipinski definition) is 5. The number of anilines is 1. The summed E-state index contributed by atoms with van der Waals surface area (Å²) in [6, 6.07) is 2.23. The lowest BCUT2D eigenvalue weighted by atomic mass is 10.1. The van der Waals surface area contributed by atoms with Crippen molar-refractivity contribution in [3.63, 3.8) is 0 Å². The second-order valence-corrected chi connectivity index (χ2v) is 7.00. The van der Waals surface area contributed by atoms with Crippen LogP contribution in [-0.4, -0.2) is 41.0 Å². The quantitative estimate of drug-likeness (QED) is 0.872. The summed E-state index contributed by atoms with van der Waals surface area (Å²) in [6.07, 6.45) is 6.47. The number of hydrogen-bond donors (Lipinski definition) is 0. The fourth-order valence-corrected chi connectivity index (χ4v) is 4.22. The third-order valence-electron chi connectivity index (χ3n) is 4.75. The van der Waals surface area contributed by atoms with Crippen molar-refractivity contribution in [3.8, 4) is 0 Å². The van der Waals surface area contributed by atoms with Gasteiger partial charge in [0, 0.05) is 44.7 Å². The Morgan fingerprint density at radius 1 is 1.05 bits per heavy atom. The molecule has 0 aromatic carbocycles. The number of nitrogens with zero attached hydrogens (tertiary/aromatic N) is 4. The predicted molar refractivity (Wildman–Crippen MR) is 90.5 cm³/mol. The smallest absolute Gasteiger partial charge is 0.135 e. The third-order valence-corrected chi connectivity index (χ3v) is 5.48. The first-order valence-electron chi connectivity index (χ1n) is 8.21. The maximum Gasteiger partial charge on any atom is 0.135 e. The van der Waals surface area contributed by atoms with Crippen molar-refractivity contribution in [2.24, 2.45) is 0 Å². The summed E-state index contributed by atoms with van der Waals surface area (Å²) in [7, 11) is 0. The molecule has 2 aliphatic rings. The summed E-state index contributed by atoms with van der Waals surface area (Å²) in [4.78, 5) is 14.2. The second kappa shape index (κ2) is 6.34. The molecule has 2 aliphatic heterocycles. The fourth-order valence-electron chi connectivity index (χ4n) is 3.56. The van der Waals surface area contributed by atoms with Crippen molar-refractivity contribution in [1.29, 1.82) is 0 Å². The SMILES string of the molecule is c1nc2c(c(N3CCCC3)n1)CCN(Cc1ccsc1)CC2. The zero-order chi connectivity index (χ0) is 14.8. The van der Waals surface area contributed by atoms with Gasteiger partial charge in [0.2, 0.25) is 0 Å². The van der Waals surface area contributed by atoms with Crippen LogP contribution >= 0.6 is 11.3 Å². The molecule has 1 fully saturated rings. The van der Waals surface area contributed by atoms with E-state index in [9.17, 15) is 0 Å². The van der Waals surface area contributed by atoms with E-state index in [2.05, 4.69) is 36.6 Å². The maximum absolute atomic E-state index is 4.61. The molecule has 0 N–H and O–H groups in total. The summed E-state index contributed by atoms with van der Waals surface area (Å²) < 4.78 is 0. The van der Waals surface area contributed by atoms with E-state index >= 15 is 0 Å². The van der Waals surface area contributed by atoms with Crippen LogP contribution in [0.2, 0.25) is 0 Å². The Kier molecular flexibility index (Phi) is 4.08. The lowest BCUT2D eigenvalue weighted by Crippen LogP contribution is -2.26. The normalized spacial score (nSPS) is 19.2. The van der Waals surface area contributed by atoms with Crippen molar-refractivity contribution >= 4 is 17.2 Å². The van der Waals surface area contributed by atoms with Gasteiger partial charge in [-0.2, -0.15) is 11.3 Å². The summed E-state index contributed by atoms with van der Waals surface area (Å²) in [5.41, 5.74) is 4.10. The second-order valence-electron chi connectivity index (χ2n) is 6.22. The number of fused-ring (bicyclic) bond motifs is 1. The molecule has 0 radical (unpaired) electrons. The molecule has 0 saturated carbocycles. The van der Waals surface area contributed by atoms with Gasteiger partial charge >= 0.3 is 0 Å². The monoisotopic (exact) mass is 314 g/mol. The molecule has 0 unspecified atom stereocenters. The molecule has 1 saturated heterocycles. The topological polar surface area (TPSA) is 32.3 Å². The van der Waals surface area contributed by atoms with Crippen LogP contribution in [0.15, 0.2) is 23.2 Å². The summed E-state index contributed by atoms with van der Waals surface area (Å²) in [6.45, 7) is 5.57. The van der Waals surface area contributed by atoms with Gasteiger partial charge in [0.1, 0.15) is 12.1 Å². The third kappa shape index (κ3) is 2.88. The van der Waals surface area contributed by atoms with Gasteiger partial charge in [0.25, 0.3) is 0 Å². The van der Waals surface area contributed by atoms with E-state index in [1.807, 2.05) is 0 Å². The Morgan fingerprint density at radius 2 is 1.91 bits per heavy atom. The van der Waals surface area contributed by atoms with E-state index < -0.39 is 0 Å². The van der Waals surface area contributed by atoms with E-state index in [1.54, 1.807) is 17.7 Å². The van der Waals surface area contributed by atoms with Crippen molar-refractivity contribution in [2.75, 3.05) is 31.1 Å². The van der Waals surface area contributed by atoms with Gasteiger partial charge in [0.05, 0.1) is 5.69 Å². The molecule has 22 heavy (non-hydrogen) atoms. The molecule has 0 spiro atoms. The van der Waals surface area contributed by atoms with Crippen LogP contribution in [0.3, 0.4) is 0 Å². The molecule has 0 bridgehead atoms. The van der Waals surface area contributed by atoms with E-state index in [-0.39, 0.29) is 0 Å². The van der Waals surface area contributed by atoms with Crippen molar-refractivity contribution < 1.29 is 0 Å². The summed E-state index contributed by atoms with van der Waals surface area (Å²) >= 11 is 1.78. The standard InChI is InChI=1S/C17H22N4S/c1-2-7-21(6-1)17-15-3-8-20(11-14-5-10-22-12-14)9-4-16(15)18-13-19-17/h5,10,12-13H,1-4,6-9,11H2. The average Bonchev–Trinajstić information content (AvgIpc) is 3.20. The first-order chi connectivity index (χ1) is 10.9. The van der Waals surface area contributed by atoms with Crippen LogP contribution in [-0.2, 0) is 19.4 Å². The van der Waals surface area contributed by atoms with Gasteiger partial charge in [-0.25, -0.2) is 9.97 Å². The molecule has 0 amide bonds. The Balaban J connectivity index is 1.52. The molecule has 0 atom stereocenters. The van der Waals surface area contributed by atoms with Gasteiger partial charge in [-0.1, -0.05) is 0 Å². The van der Waals surface area contributed by atoms with Crippen LogP contribution in [0.4, 0.5) is 5.82 Å². The summed E-state index contributed by atoms with van der Waals surface area (Å²) in [5, 5.41) is 4.42. The molecule has 4 rings (SSSR count). The largest absolute Gasteiger partial charge is 0.356 e. The van der Waals surface area contributed by atoms with Crippen molar-refractivity contribution in [2.45, 2.75) is 32.2 Å². The van der Waals surface area contributed by atoms with Crippen LogP contribution < -0.4 is 4.90 Å². The average molecular weight is 314 g/mol. The molecule has 5 heteroatoms. The van der Waals surface area contributed by atoms with Gasteiger partial charge in [-0.3, -0.25) is 4.90 Å². The van der Waals surface area contributed by atoms with Gasteiger partial charge in [-0.15, -0.1) is 0 Å². The highest BCUT2D eigenvalue weighted by atomic mass is 32.1. The number of thiophene rings is 1.